The van der Waals surface area contributed by atoms with Gasteiger partial charge in [0.15, 0.2) is 0 Å². The number of hydrogen-bond acceptors (Lipinski definition) is 4. The van der Waals surface area contributed by atoms with Gasteiger partial charge in [-0.2, -0.15) is 0 Å². The lowest BCUT2D eigenvalue weighted by Gasteiger charge is -2.44. The van der Waals surface area contributed by atoms with Gasteiger partial charge in [-0.15, -0.1) is 0 Å². The molecule has 1 unspecified atom stereocenters. The zero-order valence-corrected chi connectivity index (χ0v) is 20.3. The van der Waals surface area contributed by atoms with Crippen molar-refractivity contribution in [3.8, 4) is 0 Å². The Balaban J connectivity index is 1.60. The number of aryl methyl sites for hydroxylation is 2. The van der Waals surface area contributed by atoms with Crippen molar-refractivity contribution >= 4 is 23.4 Å². The molecule has 2 aliphatic heterocycles. The summed E-state index contributed by atoms with van der Waals surface area (Å²) in [6, 6.07) is 14.0. The first-order valence-electron chi connectivity index (χ1n) is 11.9. The van der Waals surface area contributed by atoms with Crippen molar-refractivity contribution in [1.29, 1.82) is 0 Å². The fraction of sp³-hybridized carbons (Fsp3) is 0.444. The number of benzene rings is 2. The first-order chi connectivity index (χ1) is 16.2. The SMILES string of the molecule is Cc1ccc(NC(=O)C2COC3(CCN(C(=O)C(C)C)CC3)N2C(=O)c2ccccc2)cc1C. The van der Waals surface area contributed by atoms with E-state index in [2.05, 4.69) is 5.32 Å². The molecule has 4 rings (SSSR count). The van der Waals surface area contributed by atoms with Crippen LogP contribution in [0.1, 0.15) is 48.2 Å². The predicted octanol–water partition coefficient (Wildman–Crippen LogP) is 3.76. The zero-order chi connectivity index (χ0) is 24.5. The second-order valence-corrected chi connectivity index (χ2v) is 9.58. The third-order valence-electron chi connectivity index (χ3n) is 6.93. The van der Waals surface area contributed by atoms with Crippen molar-refractivity contribution in [3.05, 3.63) is 65.2 Å². The lowest BCUT2D eigenvalue weighted by molar-refractivity contribution is -0.146. The van der Waals surface area contributed by atoms with Crippen molar-refractivity contribution in [2.24, 2.45) is 5.92 Å². The number of anilines is 1. The van der Waals surface area contributed by atoms with E-state index in [1.165, 1.54) is 0 Å². The second kappa shape index (κ2) is 9.58. The lowest BCUT2D eigenvalue weighted by atomic mass is 9.95. The van der Waals surface area contributed by atoms with Crippen LogP contribution in [-0.2, 0) is 14.3 Å². The zero-order valence-electron chi connectivity index (χ0n) is 20.3. The smallest absolute Gasteiger partial charge is 0.256 e. The van der Waals surface area contributed by atoms with Gasteiger partial charge in [0.2, 0.25) is 11.8 Å². The van der Waals surface area contributed by atoms with E-state index in [1.54, 1.807) is 17.0 Å². The molecule has 0 aromatic heterocycles. The average molecular weight is 464 g/mol. The van der Waals surface area contributed by atoms with Gasteiger partial charge in [0.05, 0.1) is 6.61 Å². The van der Waals surface area contributed by atoms with Crippen LogP contribution in [0.15, 0.2) is 48.5 Å². The Morgan fingerprint density at radius 2 is 1.68 bits per heavy atom. The summed E-state index contributed by atoms with van der Waals surface area (Å²) in [7, 11) is 0. The van der Waals surface area contributed by atoms with Gasteiger partial charge in [-0.1, -0.05) is 38.1 Å². The van der Waals surface area contributed by atoms with Gasteiger partial charge in [0.25, 0.3) is 5.91 Å². The van der Waals surface area contributed by atoms with Crippen molar-refractivity contribution in [1.82, 2.24) is 9.80 Å². The van der Waals surface area contributed by atoms with Gasteiger partial charge in [-0.3, -0.25) is 19.3 Å². The Morgan fingerprint density at radius 1 is 1.00 bits per heavy atom. The molecule has 3 amide bonds. The topological polar surface area (TPSA) is 79.0 Å². The second-order valence-electron chi connectivity index (χ2n) is 9.58. The summed E-state index contributed by atoms with van der Waals surface area (Å²) < 4.78 is 6.25. The Kier molecular flexibility index (Phi) is 6.75. The van der Waals surface area contributed by atoms with Crippen molar-refractivity contribution in [3.63, 3.8) is 0 Å². The normalized spacial score (nSPS) is 19.5. The van der Waals surface area contributed by atoms with E-state index in [0.717, 1.165) is 11.1 Å². The molecule has 1 N–H and O–H groups in total. The van der Waals surface area contributed by atoms with Crippen LogP contribution >= 0.6 is 0 Å². The van der Waals surface area contributed by atoms with Crippen molar-refractivity contribution in [2.45, 2.75) is 52.3 Å². The number of carbonyl (C=O) groups excluding carboxylic acids is 3. The molecule has 0 saturated carbocycles. The highest BCUT2D eigenvalue weighted by molar-refractivity contribution is 6.02. The monoisotopic (exact) mass is 463 g/mol. The maximum absolute atomic E-state index is 13.7. The fourth-order valence-electron chi connectivity index (χ4n) is 4.77. The van der Waals surface area contributed by atoms with E-state index in [4.69, 9.17) is 4.74 Å². The lowest BCUT2D eigenvalue weighted by Crippen LogP contribution is -2.59. The largest absolute Gasteiger partial charge is 0.353 e. The Hall–Kier alpha value is -3.19. The van der Waals surface area contributed by atoms with Crippen molar-refractivity contribution in [2.75, 3.05) is 25.0 Å². The van der Waals surface area contributed by atoms with Crippen molar-refractivity contribution < 1.29 is 19.1 Å². The molecule has 2 fully saturated rings. The number of ether oxygens (including phenoxy) is 1. The van der Waals surface area contributed by atoms with E-state index in [9.17, 15) is 14.4 Å². The molecule has 7 nitrogen and oxygen atoms in total. The third-order valence-corrected chi connectivity index (χ3v) is 6.93. The minimum atomic E-state index is -0.911. The molecule has 0 radical (unpaired) electrons. The molecule has 7 heteroatoms. The van der Waals surface area contributed by atoms with Gasteiger partial charge in [-0.25, -0.2) is 0 Å². The van der Waals surface area contributed by atoms with Crippen LogP contribution in [0.25, 0.3) is 0 Å². The molecule has 2 heterocycles. The van der Waals surface area contributed by atoms with Gasteiger partial charge in [0, 0.05) is 43.1 Å². The Labute approximate surface area is 201 Å². The highest BCUT2D eigenvalue weighted by Gasteiger charge is 2.54. The molecule has 180 valence electrons. The van der Waals surface area contributed by atoms with Crippen LogP contribution in [0.4, 0.5) is 5.69 Å². The van der Waals surface area contributed by atoms with E-state index >= 15 is 0 Å². The van der Waals surface area contributed by atoms with Crippen LogP contribution in [0.3, 0.4) is 0 Å². The molecule has 2 aromatic carbocycles. The summed E-state index contributed by atoms with van der Waals surface area (Å²) in [5.41, 5.74) is 2.52. The molecule has 2 saturated heterocycles. The maximum atomic E-state index is 13.7. The molecule has 34 heavy (non-hydrogen) atoms. The molecular formula is C27H33N3O4. The van der Waals surface area contributed by atoms with Crippen LogP contribution in [0, 0.1) is 19.8 Å². The van der Waals surface area contributed by atoms with Gasteiger partial charge >= 0.3 is 0 Å². The number of likely N-dealkylation sites (tertiary alicyclic amines) is 1. The summed E-state index contributed by atoms with van der Waals surface area (Å²) in [4.78, 5) is 43.0. The average Bonchev–Trinajstić information content (AvgIpc) is 3.20. The van der Waals surface area contributed by atoms with Crippen LogP contribution in [0.5, 0.6) is 0 Å². The molecule has 2 aromatic rings. The van der Waals surface area contributed by atoms with E-state index in [-0.39, 0.29) is 30.2 Å². The molecule has 0 aliphatic carbocycles. The van der Waals surface area contributed by atoms with Crippen LogP contribution < -0.4 is 5.32 Å². The molecule has 1 atom stereocenters. The standard InChI is InChI=1S/C27H33N3O4/c1-18(2)25(32)29-14-12-27(13-15-29)30(26(33)21-8-6-5-7-9-21)23(17-34-27)24(31)28-22-11-10-19(3)20(4)16-22/h5-11,16,18,23H,12-15,17H2,1-4H3,(H,28,31). The summed E-state index contributed by atoms with van der Waals surface area (Å²) in [6.45, 7) is 8.88. The number of carbonyl (C=O) groups is 3. The summed E-state index contributed by atoms with van der Waals surface area (Å²) in [5, 5.41) is 2.97. The van der Waals surface area contributed by atoms with E-state index in [0.29, 0.717) is 37.2 Å². The Morgan fingerprint density at radius 3 is 2.29 bits per heavy atom. The highest BCUT2D eigenvalue weighted by atomic mass is 16.5. The first-order valence-corrected chi connectivity index (χ1v) is 11.9. The molecular weight excluding hydrogens is 430 g/mol. The minimum Gasteiger partial charge on any atom is -0.353 e. The number of nitrogens with one attached hydrogen (secondary N) is 1. The van der Waals surface area contributed by atoms with Gasteiger partial charge < -0.3 is 15.0 Å². The number of hydrogen-bond donors (Lipinski definition) is 1. The van der Waals surface area contributed by atoms with E-state index in [1.807, 2.05) is 69.0 Å². The number of nitrogens with zero attached hydrogens (tertiary/aromatic N) is 2. The number of amides is 3. The summed E-state index contributed by atoms with van der Waals surface area (Å²) >= 11 is 0. The maximum Gasteiger partial charge on any atom is 0.256 e. The predicted molar refractivity (Wildman–Crippen MR) is 130 cm³/mol. The number of rotatable bonds is 4. The fourth-order valence-corrected chi connectivity index (χ4v) is 4.77. The van der Waals surface area contributed by atoms with Crippen LogP contribution in [-0.4, -0.2) is 59.0 Å². The quantitative estimate of drug-likeness (QED) is 0.749. The van der Waals surface area contributed by atoms with Gasteiger partial charge in [-0.05, 0) is 49.2 Å². The Bertz CT molecular complexity index is 1070. The molecule has 2 aliphatic rings. The summed E-state index contributed by atoms with van der Waals surface area (Å²) in [6.07, 6.45) is 0.939. The summed E-state index contributed by atoms with van der Waals surface area (Å²) in [5.74, 6) is -0.498. The minimum absolute atomic E-state index is 0.0860. The first kappa shape index (κ1) is 24.0. The molecule has 0 bridgehead atoms. The number of piperidine rings is 1. The third kappa shape index (κ3) is 4.57. The van der Waals surface area contributed by atoms with Crippen LogP contribution in [0.2, 0.25) is 0 Å². The van der Waals surface area contributed by atoms with Gasteiger partial charge in [0.1, 0.15) is 11.8 Å². The molecule has 1 spiro atoms. The highest BCUT2D eigenvalue weighted by Crippen LogP contribution is 2.39. The van der Waals surface area contributed by atoms with E-state index < -0.39 is 11.8 Å².